The fourth-order valence-corrected chi connectivity index (χ4v) is 4.30. The SMILES string of the molecule is CC(C)CS(=O)(=O)CC(=O)N1CCCC(C(=O)NCCN)C1. The van der Waals surface area contributed by atoms with Crippen LogP contribution in [-0.2, 0) is 19.4 Å². The number of hydrogen-bond donors (Lipinski definition) is 2. The molecule has 1 saturated heterocycles. The number of piperidine rings is 1. The van der Waals surface area contributed by atoms with Crippen LogP contribution in [0, 0.1) is 11.8 Å². The van der Waals surface area contributed by atoms with Crippen molar-refractivity contribution in [3.63, 3.8) is 0 Å². The molecule has 8 heteroatoms. The molecule has 0 radical (unpaired) electrons. The van der Waals surface area contributed by atoms with Gasteiger partial charge in [0.1, 0.15) is 5.75 Å². The molecule has 1 atom stereocenters. The van der Waals surface area contributed by atoms with E-state index in [2.05, 4.69) is 5.32 Å². The van der Waals surface area contributed by atoms with Crippen molar-refractivity contribution in [1.29, 1.82) is 0 Å². The van der Waals surface area contributed by atoms with Gasteiger partial charge in [0.05, 0.1) is 11.7 Å². The molecular weight excluding hydrogens is 306 g/mol. The van der Waals surface area contributed by atoms with Crippen LogP contribution < -0.4 is 11.1 Å². The average Bonchev–Trinajstić information content (AvgIpc) is 2.42. The number of carbonyl (C=O) groups is 2. The van der Waals surface area contributed by atoms with E-state index < -0.39 is 21.5 Å². The Morgan fingerprint density at radius 1 is 1.36 bits per heavy atom. The molecule has 0 aromatic heterocycles. The smallest absolute Gasteiger partial charge is 0.237 e. The first-order valence-corrected chi connectivity index (χ1v) is 9.53. The van der Waals surface area contributed by atoms with Gasteiger partial charge in [-0.2, -0.15) is 0 Å². The van der Waals surface area contributed by atoms with E-state index in [1.165, 1.54) is 4.90 Å². The summed E-state index contributed by atoms with van der Waals surface area (Å²) in [5.41, 5.74) is 5.34. The Bertz CT molecular complexity index is 490. The first kappa shape index (κ1) is 18.9. The molecule has 0 saturated carbocycles. The molecule has 0 aromatic carbocycles. The number of carbonyl (C=O) groups excluding carboxylic acids is 2. The summed E-state index contributed by atoms with van der Waals surface area (Å²) in [4.78, 5) is 25.6. The highest BCUT2D eigenvalue weighted by Crippen LogP contribution is 2.17. The molecule has 1 heterocycles. The first-order chi connectivity index (χ1) is 10.2. The van der Waals surface area contributed by atoms with Gasteiger partial charge in [0.15, 0.2) is 9.84 Å². The predicted octanol–water partition coefficient (Wildman–Crippen LogP) is -0.629. The zero-order valence-corrected chi connectivity index (χ0v) is 14.2. The number of rotatable bonds is 7. The molecule has 1 unspecified atom stereocenters. The largest absolute Gasteiger partial charge is 0.355 e. The van der Waals surface area contributed by atoms with E-state index in [0.29, 0.717) is 32.5 Å². The minimum Gasteiger partial charge on any atom is -0.355 e. The number of likely N-dealkylation sites (tertiary alicyclic amines) is 1. The van der Waals surface area contributed by atoms with Gasteiger partial charge < -0.3 is 16.0 Å². The highest BCUT2D eigenvalue weighted by Gasteiger charge is 2.30. The summed E-state index contributed by atoms with van der Waals surface area (Å²) in [5, 5.41) is 2.72. The summed E-state index contributed by atoms with van der Waals surface area (Å²) in [6.07, 6.45) is 1.41. The summed E-state index contributed by atoms with van der Waals surface area (Å²) in [6, 6.07) is 0. The van der Waals surface area contributed by atoms with Crippen LogP contribution >= 0.6 is 0 Å². The van der Waals surface area contributed by atoms with Crippen LogP contribution in [0.1, 0.15) is 26.7 Å². The van der Waals surface area contributed by atoms with Gasteiger partial charge in [-0.3, -0.25) is 9.59 Å². The minimum absolute atomic E-state index is 0.00561. The van der Waals surface area contributed by atoms with Gasteiger partial charge in [-0.1, -0.05) is 13.8 Å². The van der Waals surface area contributed by atoms with Gasteiger partial charge in [0.25, 0.3) is 0 Å². The molecule has 3 N–H and O–H groups in total. The summed E-state index contributed by atoms with van der Waals surface area (Å²) in [6.45, 7) is 5.19. The molecule has 1 rings (SSSR count). The van der Waals surface area contributed by atoms with E-state index in [9.17, 15) is 18.0 Å². The molecule has 0 aromatic rings. The van der Waals surface area contributed by atoms with E-state index in [-0.39, 0.29) is 30.0 Å². The lowest BCUT2D eigenvalue weighted by Gasteiger charge is -2.32. The lowest BCUT2D eigenvalue weighted by molar-refractivity contribution is -0.133. The fourth-order valence-electron chi connectivity index (χ4n) is 2.60. The van der Waals surface area contributed by atoms with Gasteiger partial charge in [-0.25, -0.2) is 8.42 Å². The van der Waals surface area contributed by atoms with Crippen molar-refractivity contribution in [2.45, 2.75) is 26.7 Å². The monoisotopic (exact) mass is 333 g/mol. The molecule has 128 valence electrons. The fraction of sp³-hybridized carbons (Fsp3) is 0.857. The topological polar surface area (TPSA) is 110 Å². The second kappa shape index (κ2) is 8.47. The molecule has 0 aliphatic carbocycles. The highest BCUT2D eigenvalue weighted by molar-refractivity contribution is 7.92. The van der Waals surface area contributed by atoms with Crippen LogP contribution in [0.15, 0.2) is 0 Å². The van der Waals surface area contributed by atoms with Crippen molar-refractivity contribution < 1.29 is 18.0 Å². The molecule has 1 fully saturated rings. The maximum absolute atomic E-state index is 12.2. The summed E-state index contributed by atoms with van der Waals surface area (Å²) in [7, 11) is -3.39. The molecule has 7 nitrogen and oxygen atoms in total. The molecule has 0 bridgehead atoms. The van der Waals surface area contributed by atoms with Gasteiger partial charge in [0, 0.05) is 26.2 Å². The number of amides is 2. The van der Waals surface area contributed by atoms with Gasteiger partial charge in [-0.15, -0.1) is 0 Å². The third-order valence-electron chi connectivity index (χ3n) is 3.52. The maximum Gasteiger partial charge on any atom is 0.237 e. The zero-order valence-electron chi connectivity index (χ0n) is 13.4. The highest BCUT2D eigenvalue weighted by atomic mass is 32.2. The Balaban J connectivity index is 2.57. The third-order valence-corrected chi connectivity index (χ3v) is 5.38. The van der Waals surface area contributed by atoms with E-state index in [1.807, 2.05) is 0 Å². The maximum atomic E-state index is 12.2. The van der Waals surface area contributed by atoms with Gasteiger partial charge in [-0.05, 0) is 18.8 Å². The zero-order chi connectivity index (χ0) is 16.8. The number of nitrogens with two attached hydrogens (primary N) is 1. The Hall–Kier alpha value is -1.15. The van der Waals surface area contributed by atoms with E-state index >= 15 is 0 Å². The van der Waals surface area contributed by atoms with Crippen LogP contribution in [-0.4, -0.2) is 62.8 Å². The number of sulfone groups is 1. The van der Waals surface area contributed by atoms with Gasteiger partial charge >= 0.3 is 0 Å². The van der Waals surface area contributed by atoms with Crippen molar-refractivity contribution in [2.75, 3.05) is 37.7 Å². The Kier molecular flexibility index (Phi) is 7.28. The van der Waals surface area contributed by atoms with Crippen LogP contribution in [0.2, 0.25) is 0 Å². The summed E-state index contributed by atoms with van der Waals surface area (Å²) in [5.74, 6) is -1.27. The molecule has 1 aliphatic heterocycles. The van der Waals surface area contributed by atoms with Crippen LogP contribution in [0.5, 0.6) is 0 Å². The number of nitrogens with zero attached hydrogens (tertiary/aromatic N) is 1. The van der Waals surface area contributed by atoms with Crippen LogP contribution in [0.4, 0.5) is 0 Å². The van der Waals surface area contributed by atoms with Crippen LogP contribution in [0.25, 0.3) is 0 Å². The Morgan fingerprint density at radius 2 is 2.05 bits per heavy atom. The van der Waals surface area contributed by atoms with E-state index in [1.54, 1.807) is 13.8 Å². The Labute approximate surface area is 132 Å². The summed E-state index contributed by atoms with van der Waals surface area (Å²) < 4.78 is 23.8. The first-order valence-electron chi connectivity index (χ1n) is 7.71. The lowest BCUT2D eigenvalue weighted by atomic mass is 9.97. The second-order valence-corrected chi connectivity index (χ2v) is 8.32. The quantitative estimate of drug-likeness (QED) is 0.645. The number of hydrogen-bond acceptors (Lipinski definition) is 5. The van der Waals surface area contributed by atoms with Crippen molar-refractivity contribution in [3.05, 3.63) is 0 Å². The third kappa shape index (κ3) is 6.31. The Morgan fingerprint density at radius 3 is 2.64 bits per heavy atom. The second-order valence-electron chi connectivity index (χ2n) is 6.21. The van der Waals surface area contributed by atoms with E-state index in [0.717, 1.165) is 0 Å². The van der Waals surface area contributed by atoms with Crippen molar-refractivity contribution in [1.82, 2.24) is 10.2 Å². The minimum atomic E-state index is -3.39. The van der Waals surface area contributed by atoms with Crippen molar-refractivity contribution >= 4 is 21.7 Å². The van der Waals surface area contributed by atoms with Crippen LogP contribution in [0.3, 0.4) is 0 Å². The summed E-state index contributed by atoms with van der Waals surface area (Å²) >= 11 is 0. The average molecular weight is 333 g/mol. The standard InChI is InChI=1S/C14H27N3O4S/c1-11(2)9-22(20,21)10-13(18)17-7-3-4-12(8-17)14(19)16-6-5-15/h11-12H,3-10,15H2,1-2H3,(H,16,19). The van der Waals surface area contributed by atoms with Gasteiger partial charge in [0.2, 0.25) is 11.8 Å². The molecule has 2 amide bonds. The van der Waals surface area contributed by atoms with Crippen molar-refractivity contribution in [3.8, 4) is 0 Å². The molecule has 1 aliphatic rings. The lowest BCUT2D eigenvalue weighted by Crippen LogP contribution is -2.47. The normalized spacial score (nSPS) is 19.3. The molecule has 0 spiro atoms. The molecular formula is C14H27N3O4S. The van der Waals surface area contributed by atoms with E-state index in [4.69, 9.17) is 5.73 Å². The van der Waals surface area contributed by atoms with Crippen molar-refractivity contribution in [2.24, 2.45) is 17.6 Å². The molecule has 22 heavy (non-hydrogen) atoms. The predicted molar refractivity (Wildman–Crippen MR) is 84.9 cm³/mol. The number of nitrogens with one attached hydrogen (secondary N) is 1.